The molecule has 210 valence electrons. The number of morpholine rings is 1. The highest BCUT2D eigenvalue weighted by molar-refractivity contribution is 5.92. The molecule has 0 spiro atoms. The molecule has 5 aliphatic rings. The highest BCUT2D eigenvalue weighted by atomic mass is 16.7. The first-order chi connectivity index (χ1) is 18.8. The number of ether oxygens (including phenoxy) is 1. The van der Waals surface area contributed by atoms with Crippen LogP contribution in [0.2, 0.25) is 0 Å². The summed E-state index contributed by atoms with van der Waals surface area (Å²) >= 11 is 0. The highest BCUT2D eigenvalue weighted by Crippen LogP contribution is 2.66. The molecule has 6 rings (SSSR count). The summed E-state index contributed by atoms with van der Waals surface area (Å²) in [7, 11) is 0. The summed E-state index contributed by atoms with van der Waals surface area (Å²) < 4.78 is 5.43. The van der Waals surface area contributed by atoms with E-state index in [1.807, 2.05) is 30.3 Å². The molecule has 0 bridgehead atoms. The molecule has 3 saturated carbocycles. The average Bonchev–Trinajstić information content (AvgIpc) is 3.30. The summed E-state index contributed by atoms with van der Waals surface area (Å²) in [6.07, 6.45) is 10.8. The Morgan fingerprint density at radius 3 is 2.56 bits per heavy atom. The first-order valence-electron chi connectivity index (χ1n) is 15.2. The van der Waals surface area contributed by atoms with Gasteiger partial charge in [0.15, 0.2) is 5.78 Å². The standard InChI is InChI=1S/C33H44N2O4/c1-22(34-39-31(37)24-6-4-23(5-7-24)21-35-16-18-38-19-17-35)28-10-11-29-27-9-8-25-20-26(36)12-14-32(25,2)30(27)13-15-33(28,29)3/h4-7,20,27-30H,8-19,21H2,1-3H3/b34-22-/t27-,28+,29-,30-,32-,33+/m0/s1. The minimum atomic E-state index is -0.387. The number of rotatable bonds is 5. The van der Waals surface area contributed by atoms with E-state index in [-0.39, 0.29) is 16.8 Å². The maximum Gasteiger partial charge on any atom is 0.365 e. The van der Waals surface area contributed by atoms with Crippen LogP contribution in [0.1, 0.15) is 88.1 Å². The fraction of sp³-hybridized carbons (Fsp3) is 0.667. The molecule has 0 aromatic heterocycles. The van der Waals surface area contributed by atoms with E-state index in [0.717, 1.165) is 63.7 Å². The van der Waals surface area contributed by atoms with Crippen LogP contribution >= 0.6 is 0 Å². The molecule has 1 aromatic rings. The Bertz CT molecular complexity index is 1170. The first kappa shape index (κ1) is 26.9. The van der Waals surface area contributed by atoms with Crippen LogP contribution in [-0.4, -0.2) is 48.7 Å². The molecule has 1 aromatic carbocycles. The Balaban J connectivity index is 1.09. The maximum absolute atomic E-state index is 12.8. The van der Waals surface area contributed by atoms with E-state index in [4.69, 9.17) is 9.57 Å². The van der Waals surface area contributed by atoms with Gasteiger partial charge in [0.1, 0.15) is 0 Å². The van der Waals surface area contributed by atoms with Crippen LogP contribution in [0, 0.1) is 34.5 Å². The molecule has 6 heteroatoms. The van der Waals surface area contributed by atoms with Gasteiger partial charge in [-0.2, -0.15) is 0 Å². The van der Waals surface area contributed by atoms with E-state index in [2.05, 4.69) is 30.8 Å². The number of oxime groups is 1. The number of allylic oxidation sites excluding steroid dienone is 1. The number of carbonyl (C=O) groups is 2. The number of carbonyl (C=O) groups excluding carboxylic acids is 2. The first-order valence-corrected chi connectivity index (χ1v) is 15.2. The van der Waals surface area contributed by atoms with Crippen LogP contribution in [0.25, 0.3) is 0 Å². The molecule has 0 N–H and O–H groups in total. The zero-order valence-corrected chi connectivity index (χ0v) is 23.9. The lowest BCUT2D eigenvalue weighted by atomic mass is 9.46. The number of nitrogens with zero attached hydrogens (tertiary/aromatic N) is 2. The third-order valence-electron chi connectivity index (χ3n) is 11.4. The van der Waals surface area contributed by atoms with E-state index in [9.17, 15) is 9.59 Å². The van der Waals surface area contributed by atoms with E-state index < -0.39 is 0 Å². The molecule has 0 unspecified atom stereocenters. The Morgan fingerprint density at radius 2 is 1.79 bits per heavy atom. The second kappa shape index (κ2) is 10.6. The molecule has 39 heavy (non-hydrogen) atoms. The third-order valence-corrected chi connectivity index (χ3v) is 11.4. The summed E-state index contributed by atoms with van der Waals surface area (Å²) in [5, 5.41) is 4.42. The van der Waals surface area contributed by atoms with Crippen molar-refractivity contribution in [3.8, 4) is 0 Å². The molecule has 1 aliphatic heterocycles. The minimum absolute atomic E-state index is 0.199. The van der Waals surface area contributed by atoms with Crippen LogP contribution in [0.4, 0.5) is 0 Å². The van der Waals surface area contributed by atoms with Crippen LogP contribution in [0.5, 0.6) is 0 Å². The molecular formula is C33H44N2O4. The van der Waals surface area contributed by atoms with E-state index in [0.29, 0.717) is 35.5 Å². The van der Waals surface area contributed by atoms with Crippen molar-refractivity contribution in [1.29, 1.82) is 0 Å². The number of hydrogen-bond donors (Lipinski definition) is 0. The van der Waals surface area contributed by atoms with Gasteiger partial charge in [-0.25, -0.2) is 4.79 Å². The largest absolute Gasteiger partial charge is 0.379 e. The quantitative estimate of drug-likeness (QED) is 0.257. The van der Waals surface area contributed by atoms with Gasteiger partial charge in [0.05, 0.1) is 24.5 Å². The predicted octanol–water partition coefficient (Wildman–Crippen LogP) is 6.20. The van der Waals surface area contributed by atoms with Gasteiger partial charge in [-0.3, -0.25) is 9.69 Å². The smallest absolute Gasteiger partial charge is 0.365 e. The Morgan fingerprint density at radius 1 is 1.03 bits per heavy atom. The summed E-state index contributed by atoms with van der Waals surface area (Å²) in [6, 6.07) is 7.72. The molecule has 0 amide bonds. The van der Waals surface area contributed by atoms with E-state index in [1.165, 1.54) is 36.8 Å². The topological polar surface area (TPSA) is 68.2 Å². The second-order valence-corrected chi connectivity index (χ2v) is 13.3. The van der Waals surface area contributed by atoms with Gasteiger partial charge in [-0.05, 0) is 104 Å². The predicted molar refractivity (Wildman–Crippen MR) is 151 cm³/mol. The summed E-state index contributed by atoms with van der Waals surface area (Å²) in [5.41, 5.74) is 4.52. The molecule has 6 atom stereocenters. The third kappa shape index (κ3) is 4.93. The van der Waals surface area contributed by atoms with E-state index >= 15 is 0 Å². The molecule has 4 aliphatic carbocycles. The van der Waals surface area contributed by atoms with Crippen molar-refractivity contribution in [3.05, 3.63) is 47.0 Å². The zero-order valence-electron chi connectivity index (χ0n) is 23.9. The monoisotopic (exact) mass is 532 g/mol. The van der Waals surface area contributed by atoms with Crippen LogP contribution < -0.4 is 0 Å². The average molecular weight is 533 g/mol. The van der Waals surface area contributed by atoms with Gasteiger partial charge in [0.2, 0.25) is 0 Å². The van der Waals surface area contributed by atoms with Gasteiger partial charge in [-0.15, -0.1) is 0 Å². The molecule has 0 radical (unpaired) electrons. The van der Waals surface area contributed by atoms with Crippen LogP contribution in [0.15, 0.2) is 41.1 Å². The van der Waals surface area contributed by atoms with Gasteiger partial charge in [0.25, 0.3) is 0 Å². The fourth-order valence-corrected chi connectivity index (χ4v) is 9.24. The van der Waals surface area contributed by atoms with Crippen molar-refractivity contribution in [2.45, 2.75) is 78.7 Å². The SMILES string of the molecule is C/C(=N/OC(=O)c1ccc(CN2CCOCC2)cc1)[C@H]1CC[C@H]2[C@@H]3CCC4=CC(=O)CC[C@]4(C)[C@H]3CC[C@]12C. The van der Waals surface area contributed by atoms with Gasteiger partial charge < -0.3 is 9.57 Å². The number of ketones is 1. The Labute approximate surface area is 233 Å². The van der Waals surface area contributed by atoms with Crippen molar-refractivity contribution >= 4 is 17.5 Å². The van der Waals surface area contributed by atoms with Crippen molar-refractivity contribution in [3.63, 3.8) is 0 Å². The summed E-state index contributed by atoms with van der Waals surface area (Å²) in [4.78, 5) is 32.8. The lowest BCUT2D eigenvalue weighted by molar-refractivity contribution is -0.117. The van der Waals surface area contributed by atoms with Gasteiger partial charge in [-0.1, -0.05) is 36.7 Å². The molecule has 6 nitrogen and oxygen atoms in total. The molecule has 4 fully saturated rings. The summed E-state index contributed by atoms with van der Waals surface area (Å²) in [6.45, 7) is 11.3. The molecular weight excluding hydrogens is 488 g/mol. The lowest BCUT2D eigenvalue weighted by Gasteiger charge is -2.58. The Hall–Kier alpha value is -2.31. The zero-order chi connectivity index (χ0) is 27.2. The number of fused-ring (bicyclic) bond motifs is 5. The van der Waals surface area contributed by atoms with Crippen molar-refractivity contribution < 1.29 is 19.2 Å². The fourth-order valence-electron chi connectivity index (χ4n) is 9.24. The Kier molecular flexibility index (Phi) is 7.30. The number of benzene rings is 1. The second-order valence-electron chi connectivity index (χ2n) is 13.3. The normalized spacial score (nSPS) is 36.9. The minimum Gasteiger partial charge on any atom is -0.379 e. The molecule has 1 saturated heterocycles. The van der Waals surface area contributed by atoms with Crippen LogP contribution in [-0.2, 0) is 20.9 Å². The van der Waals surface area contributed by atoms with Gasteiger partial charge in [0, 0.05) is 32.0 Å². The maximum atomic E-state index is 12.8. The van der Waals surface area contributed by atoms with Crippen molar-refractivity contribution in [2.24, 2.45) is 39.7 Å². The van der Waals surface area contributed by atoms with Crippen molar-refractivity contribution in [2.75, 3.05) is 26.3 Å². The molecule has 1 heterocycles. The van der Waals surface area contributed by atoms with E-state index in [1.54, 1.807) is 0 Å². The summed E-state index contributed by atoms with van der Waals surface area (Å²) in [5.74, 6) is 2.37. The number of hydrogen-bond acceptors (Lipinski definition) is 6. The van der Waals surface area contributed by atoms with Crippen LogP contribution in [0.3, 0.4) is 0 Å². The highest BCUT2D eigenvalue weighted by Gasteiger charge is 2.59. The lowest BCUT2D eigenvalue weighted by Crippen LogP contribution is -2.51. The van der Waals surface area contributed by atoms with Gasteiger partial charge >= 0.3 is 5.97 Å². The van der Waals surface area contributed by atoms with Crippen molar-refractivity contribution in [1.82, 2.24) is 4.90 Å².